The lowest BCUT2D eigenvalue weighted by Crippen LogP contribution is -2.17. The van der Waals surface area contributed by atoms with Gasteiger partial charge in [0.05, 0.1) is 18.2 Å². The Morgan fingerprint density at radius 3 is 2.78 bits per heavy atom. The van der Waals surface area contributed by atoms with E-state index >= 15 is 0 Å². The van der Waals surface area contributed by atoms with Gasteiger partial charge >= 0.3 is 0 Å². The zero-order valence-corrected chi connectivity index (χ0v) is 13.6. The second-order valence-corrected chi connectivity index (χ2v) is 5.31. The molecule has 0 aromatic heterocycles. The van der Waals surface area contributed by atoms with E-state index in [9.17, 15) is 14.9 Å². The SMILES string of the molecule is COc1ccc([N+](=O)[O-])cc1/C=N\NC(=O)c1cccc(Br)c1. The van der Waals surface area contributed by atoms with Crippen molar-refractivity contribution < 1.29 is 14.5 Å². The summed E-state index contributed by atoms with van der Waals surface area (Å²) in [5.74, 6) is 0.0167. The van der Waals surface area contributed by atoms with Gasteiger partial charge < -0.3 is 4.74 Å². The van der Waals surface area contributed by atoms with Crippen molar-refractivity contribution in [2.24, 2.45) is 5.10 Å². The van der Waals surface area contributed by atoms with Gasteiger partial charge in [-0.1, -0.05) is 22.0 Å². The summed E-state index contributed by atoms with van der Waals surface area (Å²) in [4.78, 5) is 22.2. The third kappa shape index (κ3) is 4.36. The van der Waals surface area contributed by atoms with Gasteiger partial charge in [0.25, 0.3) is 11.6 Å². The van der Waals surface area contributed by atoms with Gasteiger partial charge in [-0.05, 0) is 24.3 Å². The summed E-state index contributed by atoms with van der Waals surface area (Å²) in [6.45, 7) is 0. The number of carbonyl (C=O) groups is 1. The van der Waals surface area contributed by atoms with Crippen LogP contribution in [0.3, 0.4) is 0 Å². The number of hydrazone groups is 1. The number of carbonyl (C=O) groups excluding carboxylic acids is 1. The van der Waals surface area contributed by atoms with E-state index in [2.05, 4.69) is 26.5 Å². The van der Waals surface area contributed by atoms with Crippen LogP contribution in [0.25, 0.3) is 0 Å². The summed E-state index contributed by atoms with van der Waals surface area (Å²) < 4.78 is 5.88. The van der Waals surface area contributed by atoms with Crippen molar-refractivity contribution in [2.45, 2.75) is 0 Å². The number of nitrogens with one attached hydrogen (secondary N) is 1. The highest BCUT2D eigenvalue weighted by Gasteiger charge is 2.10. The molecule has 0 spiro atoms. The lowest BCUT2D eigenvalue weighted by atomic mass is 10.2. The molecule has 0 saturated heterocycles. The zero-order chi connectivity index (χ0) is 16.8. The number of non-ortho nitro benzene ring substituents is 1. The number of nitrogens with zero attached hydrogens (tertiary/aromatic N) is 2. The number of nitro benzene ring substituents is 1. The molecule has 23 heavy (non-hydrogen) atoms. The van der Waals surface area contributed by atoms with Crippen molar-refractivity contribution in [3.05, 3.63) is 68.2 Å². The predicted molar refractivity (Wildman–Crippen MR) is 88.9 cm³/mol. The van der Waals surface area contributed by atoms with E-state index in [1.54, 1.807) is 24.3 Å². The largest absolute Gasteiger partial charge is 0.496 e. The Bertz CT molecular complexity index is 777. The minimum absolute atomic E-state index is 0.0921. The summed E-state index contributed by atoms with van der Waals surface area (Å²) in [6.07, 6.45) is 1.29. The average Bonchev–Trinajstić information content (AvgIpc) is 2.54. The Hall–Kier alpha value is -2.74. The number of hydrogen-bond acceptors (Lipinski definition) is 5. The van der Waals surface area contributed by atoms with Crippen LogP contribution in [0.2, 0.25) is 0 Å². The lowest BCUT2D eigenvalue weighted by molar-refractivity contribution is -0.384. The number of benzene rings is 2. The fraction of sp³-hybridized carbons (Fsp3) is 0.0667. The minimum atomic E-state index is -0.517. The van der Waals surface area contributed by atoms with E-state index in [1.807, 2.05) is 0 Å². The lowest BCUT2D eigenvalue weighted by Gasteiger charge is -2.04. The molecule has 118 valence electrons. The maximum Gasteiger partial charge on any atom is 0.271 e. The van der Waals surface area contributed by atoms with Gasteiger partial charge in [0.2, 0.25) is 0 Å². The minimum Gasteiger partial charge on any atom is -0.496 e. The first-order valence-electron chi connectivity index (χ1n) is 6.42. The van der Waals surface area contributed by atoms with E-state index < -0.39 is 10.8 Å². The van der Waals surface area contributed by atoms with Crippen molar-refractivity contribution in [1.82, 2.24) is 5.43 Å². The van der Waals surface area contributed by atoms with Gasteiger partial charge in [-0.3, -0.25) is 14.9 Å². The van der Waals surface area contributed by atoms with Gasteiger partial charge in [-0.15, -0.1) is 0 Å². The molecule has 0 bridgehead atoms. The molecule has 0 aliphatic heterocycles. The number of rotatable bonds is 5. The van der Waals surface area contributed by atoms with E-state index in [4.69, 9.17) is 4.74 Å². The third-order valence-electron chi connectivity index (χ3n) is 2.88. The summed E-state index contributed by atoms with van der Waals surface area (Å²) in [5, 5.41) is 14.6. The molecule has 2 aromatic carbocycles. The zero-order valence-electron chi connectivity index (χ0n) is 12.0. The first-order valence-corrected chi connectivity index (χ1v) is 7.22. The van der Waals surface area contributed by atoms with Crippen LogP contribution in [0.1, 0.15) is 15.9 Å². The molecule has 0 atom stereocenters. The van der Waals surface area contributed by atoms with Gasteiger partial charge in [0.1, 0.15) is 5.75 Å². The van der Waals surface area contributed by atoms with Crippen LogP contribution in [0.15, 0.2) is 52.0 Å². The summed E-state index contributed by atoms with van der Waals surface area (Å²) in [6, 6.07) is 10.9. The third-order valence-corrected chi connectivity index (χ3v) is 3.37. The molecule has 2 rings (SSSR count). The van der Waals surface area contributed by atoms with Crippen LogP contribution in [0.5, 0.6) is 5.75 Å². The highest BCUT2D eigenvalue weighted by atomic mass is 79.9. The number of halogens is 1. The van der Waals surface area contributed by atoms with Gasteiger partial charge in [-0.2, -0.15) is 5.10 Å². The standard InChI is InChI=1S/C15H12BrN3O4/c1-23-14-6-5-13(19(21)22)8-11(14)9-17-18-15(20)10-3-2-4-12(16)7-10/h2-9H,1H3,(H,18,20)/b17-9-. The first kappa shape index (κ1) is 16.6. The highest BCUT2D eigenvalue weighted by molar-refractivity contribution is 9.10. The van der Waals surface area contributed by atoms with E-state index in [0.717, 1.165) is 4.47 Å². The molecule has 2 aromatic rings. The summed E-state index contributed by atoms with van der Waals surface area (Å²) in [7, 11) is 1.44. The van der Waals surface area contributed by atoms with Crippen LogP contribution in [-0.2, 0) is 0 Å². The molecule has 0 heterocycles. The van der Waals surface area contributed by atoms with Crippen molar-refractivity contribution in [2.75, 3.05) is 7.11 Å². The number of methoxy groups -OCH3 is 1. The second-order valence-electron chi connectivity index (χ2n) is 4.39. The Kier molecular flexibility index (Phi) is 5.42. The van der Waals surface area contributed by atoms with Crippen molar-refractivity contribution >= 4 is 33.7 Å². The Labute approximate surface area is 140 Å². The average molecular weight is 378 g/mol. The molecule has 0 aliphatic carbocycles. The molecule has 0 unspecified atom stereocenters. The van der Waals surface area contributed by atoms with Crippen LogP contribution in [-0.4, -0.2) is 24.2 Å². The quantitative estimate of drug-likeness (QED) is 0.491. The second kappa shape index (κ2) is 7.50. The molecule has 1 N–H and O–H groups in total. The Morgan fingerprint density at radius 1 is 1.35 bits per heavy atom. The predicted octanol–water partition coefficient (Wildman–Crippen LogP) is 3.13. The molecule has 7 nitrogen and oxygen atoms in total. The molecule has 1 amide bonds. The molecule has 0 radical (unpaired) electrons. The molecule has 0 saturated carbocycles. The van der Waals surface area contributed by atoms with Crippen LogP contribution in [0.4, 0.5) is 5.69 Å². The van der Waals surface area contributed by atoms with Crippen LogP contribution >= 0.6 is 15.9 Å². The van der Waals surface area contributed by atoms with Crippen LogP contribution in [0, 0.1) is 10.1 Å². The van der Waals surface area contributed by atoms with Crippen molar-refractivity contribution in [1.29, 1.82) is 0 Å². The molecule has 0 fully saturated rings. The van der Waals surface area contributed by atoms with Gasteiger partial charge in [-0.25, -0.2) is 5.43 Å². The van der Waals surface area contributed by atoms with Crippen molar-refractivity contribution in [3.63, 3.8) is 0 Å². The first-order chi connectivity index (χ1) is 11.0. The van der Waals surface area contributed by atoms with Gasteiger partial charge in [0.15, 0.2) is 0 Å². The smallest absolute Gasteiger partial charge is 0.271 e. The molecule has 0 aliphatic rings. The monoisotopic (exact) mass is 377 g/mol. The van der Waals surface area contributed by atoms with Crippen molar-refractivity contribution in [3.8, 4) is 5.75 Å². The topological polar surface area (TPSA) is 93.8 Å². The molecular weight excluding hydrogens is 366 g/mol. The fourth-order valence-electron chi connectivity index (χ4n) is 1.79. The van der Waals surface area contributed by atoms with E-state index in [-0.39, 0.29) is 5.69 Å². The number of ether oxygens (including phenoxy) is 1. The number of amides is 1. The molecule has 8 heteroatoms. The molecular formula is C15H12BrN3O4. The maximum atomic E-state index is 11.9. The normalized spacial score (nSPS) is 10.5. The summed E-state index contributed by atoms with van der Waals surface area (Å²) in [5.41, 5.74) is 3.09. The number of hydrogen-bond donors (Lipinski definition) is 1. The van der Waals surface area contributed by atoms with E-state index in [0.29, 0.717) is 16.9 Å². The van der Waals surface area contributed by atoms with Crippen LogP contribution < -0.4 is 10.2 Å². The van der Waals surface area contributed by atoms with Gasteiger partial charge in [0, 0.05) is 27.7 Å². The fourth-order valence-corrected chi connectivity index (χ4v) is 2.19. The van der Waals surface area contributed by atoms with E-state index in [1.165, 1.54) is 31.5 Å². The Balaban J connectivity index is 2.15. The maximum absolute atomic E-state index is 11.9. The Morgan fingerprint density at radius 2 is 2.13 bits per heavy atom. The highest BCUT2D eigenvalue weighted by Crippen LogP contribution is 2.22. The summed E-state index contributed by atoms with van der Waals surface area (Å²) >= 11 is 3.28. The number of nitro groups is 1.